The summed E-state index contributed by atoms with van der Waals surface area (Å²) >= 11 is 0. The number of carboxylic acid groups (broad SMARTS) is 1. The highest BCUT2D eigenvalue weighted by molar-refractivity contribution is 5.71. The van der Waals surface area contributed by atoms with Crippen molar-refractivity contribution in [3.05, 3.63) is 0 Å². The molecule has 2 aliphatic heterocycles. The van der Waals surface area contributed by atoms with E-state index in [0.717, 1.165) is 26.2 Å². The maximum atomic E-state index is 10.9. The summed E-state index contributed by atoms with van der Waals surface area (Å²) in [7, 11) is 0. The lowest BCUT2D eigenvalue weighted by Crippen LogP contribution is -2.34. The molecule has 0 aromatic rings. The normalized spacial score (nSPS) is 39.1. The van der Waals surface area contributed by atoms with Crippen molar-refractivity contribution in [3.8, 4) is 0 Å². The number of aliphatic carboxylic acids is 1. The van der Waals surface area contributed by atoms with E-state index in [9.17, 15) is 4.79 Å². The molecule has 0 aromatic carbocycles. The lowest BCUT2D eigenvalue weighted by molar-refractivity contribution is -0.142. The van der Waals surface area contributed by atoms with Crippen molar-refractivity contribution in [2.75, 3.05) is 26.3 Å². The van der Waals surface area contributed by atoms with Crippen LogP contribution in [0.3, 0.4) is 0 Å². The minimum atomic E-state index is -0.654. The number of likely N-dealkylation sites (tertiary alicyclic amines) is 1. The van der Waals surface area contributed by atoms with Crippen LogP contribution in [0.5, 0.6) is 0 Å². The predicted molar refractivity (Wildman–Crippen MR) is 51.1 cm³/mol. The minimum absolute atomic E-state index is 0.185. The van der Waals surface area contributed by atoms with Gasteiger partial charge in [0.15, 0.2) is 0 Å². The van der Waals surface area contributed by atoms with E-state index in [1.807, 2.05) is 6.92 Å². The van der Waals surface area contributed by atoms with Crippen LogP contribution in [0.4, 0.5) is 0 Å². The van der Waals surface area contributed by atoms with Crippen LogP contribution in [-0.2, 0) is 9.53 Å². The summed E-state index contributed by atoms with van der Waals surface area (Å²) in [5.74, 6) is -0.567. The Morgan fingerprint density at radius 1 is 1.50 bits per heavy atom. The molecule has 2 saturated heterocycles. The molecule has 0 bridgehead atoms. The average Bonchev–Trinajstić information content (AvgIpc) is 2.70. The van der Waals surface area contributed by atoms with E-state index in [-0.39, 0.29) is 11.8 Å². The molecule has 80 valence electrons. The predicted octanol–water partition coefficient (Wildman–Crippen LogP) is 0.428. The van der Waals surface area contributed by atoms with Gasteiger partial charge in [-0.2, -0.15) is 0 Å². The highest BCUT2D eigenvalue weighted by atomic mass is 16.5. The van der Waals surface area contributed by atoms with Crippen molar-refractivity contribution in [2.24, 2.45) is 11.8 Å². The van der Waals surface area contributed by atoms with E-state index >= 15 is 0 Å². The molecule has 4 nitrogen and oxygen atoms in total. The number of hydrogen-bond acceptors (Lipinski definition) is 3. The molecular formula is C10H17NO3. The largest absolute Gasteiger partial charge is 0.481 e. The molecule has 3 unspecified atom stereocenters. The number of hydrogen-bond donors (Lipinski definition) is 1. The van der Waals surface area contributed by atoms with Crippen molar-refractivity contribution in [3.63, 3.8) is 0 Å². The van der Waals surface area contributed by atoms with E-state index in [1.165, 1.54) is 0 Å². The van der Waals surface area contributed by atoms with E-state index in [0.29, 0.717) is 12.6 Å². The molecule has 0 aliphatic carbocycles. The van der Waals surface area contributed by atoms with Gasteiger partial charge in [0, 0.05) is 25.7 Å². The van der Waals surface area contributed by atoms with E-state index in [2.05, 4.69) is 4.90 Å². The van der Waals surface area contributed by atoms with Crippen molar-refractivity contribution in [1.82, 2.24) is 4.90 Å². The lowest BCUT2D eigenvalue weighted by Gasteiger charge is -2.21. The van der Waals surface area contributed by atoms with Crippen LogP contribution < -0.4 is 0 Å². The van der Waals surface area contributed by atoms with Gasteiger partial charge in [-0.1, -0.05) is 6.92 Å². The van der Waals surface area contributed by atoms with Crippen molar-refractivity contribution >= 4 is 5.97 Å². The molecule has 0 saturated carbocycles. The molecule has 2 fully saturated rings. The zero-order valence-corrected chi connectivity index (χ0v) is 8.48. The Labute approximate surface area is 83.8 Å². The molecule has 2 aliphatic rings. The second-order valence-electron chi connectivity index (χ2n) is 4.39. The Hall–Kier alpha value is -0.610. The fraction of sp³-hybridized carbons (Fsp3) is 0.900. The topological polar surface area (TPSA) is 49.8 Å². The Kier molecular flexibility index (Phi) is 2.74. The van der Waals surface area contributed by atoms with Crippen LogP contribution in [0.1, 0.15) is 13.3 Å². The van der Waals surface area contributed by atoms with Gasteiger partial charge in [0.05, 0.1) is 12.5 Å². The zero-order valence-electron chi connectivity index (χ0n) is 8.48. The third kappa shape index (κ3) is 1.77. The molecule has 2 rings (SSSR count). The molecule has 0 spiro atoms. The van der Waals surface area contributed by atoms with Crippen molar-refractivity contribution < 1.29 is 14.6 Å². The second kappa shape index (κ2) is 3.87. The van der Waals surface area contributed by atoms with Crippen LogP contribution in [-0.4, -0.2) is 48.3 Å². The Morgan fingerprint density at radius 3 is 2.79 bits per heavy atom. The van der Waals surface area contributed by atoms with Crippen LogP contribution in [0, 0.1) is 11.8 Å². The van der Waals surface area contributed by atoms with E-state index < -0.39 is 5.97 Å². The number of nitrogens with zero attached hydrogens (tertiary/aromatic N) is 1. The number of rotatable bonds is 2. The van der Waals surface area contributed by atoms with Gasteiger partial charge in [-0.15, -0.1) is 0 Å². The molecule has 0 amide bonds. The van der Waals surface area contributed by atoms with Crippen LogP contribution >= 0.6 is 0 Å². The first-order chi connectivity index (χ1) is 6.68. The molecule has 1 N–H and O–H groups in total. The highest BCUT2D eigenvalue weighted by Crippen LogP contribution is 2.27. The first-order valence-corrected chi connectivity index (χ1v) is 5.23. The van der Waals surface area contributed by atoms with Gasteiger partial charge in [-0.05, 0) is 12.3 Å². The van der Waals surface area contributed by atoms with Gasteiger partial charge in [0.2, 0.25) is 0 Å². The molecule has 14 heavy (non-hydrogen) atoms. The number of ether oxygens (including phenoxy) is 1. The van der Waals surface area contributed by atoms with Crippen LogP contribution in [0.25, 0.3) is 0 Å². The smallest absolute Gasteiger partial charge is 0.308 e. The average molecular weight is 199 g/mol. The standard InChI is InChI=1S/C10H17NO3/c1-7-4-11(5-9(7)10(12)13)8-2-3-14-6-8/h7-9H,2-6H2,1H3,(H,12,13). The summed E-state index contributed by atoms with van der Waals surface area (Å²) < 4.78 is 5.31. The molecule has 0 radical (unpaired) electrons. The lowest BCUT2D eigenvalue weighted by atomic mass is 9.99. The van der Waals surface area contributed by atoms with Crippen molar-refractivity contribution in [1.29, 1.82) is 0 Å². The van der Waals surface area contributed by atoms with Gasteiger partial charge in [-0.25, -0.2) is 0 Å². The summed E-state index contributed by atoms with van der Waals surface area (Å²) in [4.78, 5) is 13.2. The van der Waals surface area contributed by atoms with Crippen molar-refractivity contribution in [2.45, 2.75) is 19.4 Å². The molecule has 2 heterocycles. The zero-order chi connectivity index (χ0) is 10.1. The number of carbonyl (C=O) groups is 1. The Bertz CT molecular complexity index is 225. The highest BCUT2D eigenvalue weighted by Gasteiger charge is 2.38. The van der Waals surface area contributed by atoms with Gasteiger partial charge in [0.25, 0.3) is 0 Å². The third-order valence-corrected chi connectivity index (χ3v) is 3.38. The Balaban J connectivity index is 1.94. The van der Waals surface area contributed by atoms with Crippen LogP contribution in [0.2, 0.25) is 0 Å². The number of carboxylic acids is 1. The van der Waals surface area contributed by atoms with Crippen LogP contribution in [0.15, 0.2) is 0 Å². The second-order valence-corrected chi connectivity index (χ2v) is 4.39. The molecular weight excluding hydrogens is 182 g/mol. The molecule has 3 atom stereocenters. The summed E-state index contributed by atoms with van der Waals surface area (Å²) in [6.07, 6.45) is 1.05. The first kappa shape index (κ1) is 9.93. The quantitative estimate of drug-likeness (QED) is 0.700. The van der Waals surface area contributed by atoms with E-state index in [4.69, 9.17) is 9.84 Å². The monoisotopic (exact) mass is 199 g/mol. The molecule has 0 aromatic heterocycles. The maximum absolute atomic E-state index is 10.9. The minimum Gasteiger partial charge on any atom is -0.481 e. The Morgan fingerprint density at radius 2 is 2.29 bits per heavy atom. The fourth-order valence-electron chi connectivity index (χ4n) is 2.43. The first-order valence-electron chi connectivity index (χ1n) is 5.23. The third-order valence-electron chi connectivity index (χ3n) is 3.38. The maximum Gasteiger partial charge on any atom is 0.308 e. The summed E-state index contributed by atoms with van der Waals surface area (Å²) in [6, 6.07) is 0.460. The van der Waals surface area contributed by atoms with E-state index in [1.54, 1.807) is 0 Å². The molecule has 4 heteroatoms. The summed E-state index contributed by atoms with van der Waals surface area (Å²) in [5, 5.41) is 8.99. The van der Waals surface area contributed by atoms with Gasteiger partial charge < -0.3 is 9.84 Å². The van der Waals surface area contributed by atoms with Gasteiger partial charge in [-0.3, -0.25) is 9.69 Å². The SMILES string of the molecule is CC1CN(C2CCOC2)CC1C(=O)O. The van der Waals surface area contributed by atoms with Gasteiger partial charge >= 0.3 is 5.97 Å². The summed E-state index contributed by atoms with van der Waals surface area (Å²) in [5.41, 5.74) is 0. The summed E-state index contributed by atoms with van der Waals surface area (Å²) in [6.45, 7) is 5.23. The fourth-order valence-corrected chi connectivity index (χ4v) is 2.43. The van der Waals surface area contributed by atoms with Gasteiger partial charge in [0.1, 0.15) is 0 Å².